The zero-order valence-corrected chi connectivity index (χ0v) is 7.57. The third kappa shape index (κ3) is 1.32. The Labute approximate surface area is 71.5 Å². The standard InChI is InChI=1S/C8H13N3O/c1-4-11-7(3)8(5-9-11)6(2)10-12/h5,12H,4H2,1-3H3/b10-6+. The summed E-state index contributed by atoms with van der Waals surface area (Å²) >= 11 is 0. The second kappa shape index (κ2) is 3.38. The summed E-state index contributed by atoms with van der Waals surface area (Å²) in [5.74, 6) is 0. The Kier molecular flexibility index (Phi) is 2.47. The van der Waals surface area contributed by atoms with Gasteiger partial charge in [-0.15, -0.1) is 0 Å². The van der Waals surface area contributed by atoms with E-state index in [-0.39, 0.29) is 0 Å². The highest BCUT2D eigenvalue weighted by molar-refractivity contribution is 5.98. The molecule has 1 aromatic rings. The first-order valence-corrected chi connectivity index (χ1v) is 3.92. The quantitative estimate of drug-likeness (QED) is 0.411. The Bertz CT molecular complexity index is 301. The van der Waals surface area contributed by atoms with E-state index in [1.165, 1.54) is 0 Å². The van der Waals surface area contributed by atoms with Gasteiger partial charge in [0.05, 0.1) is 11.9 Å². The number of nitrogens with zero attached hydrogens (tertiary/aromatic N) is 3. The maximum Gasteiger partial charge on any atom is 0.0871 e. The highest BCUT2D eigenvalue weighted by Crippen LogP contribution is 2.07. The summed E-state index contributed by atoms with van der Waals surface area (Å²) in [6, 6.07) is 0. The minimum Gasteiger partial charge on any atom is -0.411 e. The van der Waals surface area contributed by atoms with Crippen LogP contribution in [-0.4, -0.2) is 20.7 Å². The van der Waals surface area contributed by atoms with Gasteiger partial charge in [-0.1, -0.05) is 5.16 Å². The molecule has 0 aliphatic rings. The Morgan fingerprint density at radius 3 is 2.83 bits per heavy atom. The number of oxime groups is 1. The van der Waals surface area contributed by atoms with Crippen molar-refractivity contribution in [2.24, 2.45) is 5.16 Å². The fourth-order valence-electron chi connectivity index (χ4n) is 1.17. The van der Waals surface area contributed by atoms with E-state index >= 15 is 0 Å². The van der Waals surface area contributed by atoms with Crippen LogP contribution in [-0.2, 0) is 6.54 Å². The van der Waals surface area contributed by atoms with Crippen LogP contribution in [0, 0.1) is 6.92 Å². The van der Waals surface area contributed by atoms with Crippen LogP contribution in [0.2, 0.25) is 0 Å². The lowest BCUT2D eigenvalue weighted by Crippen LogP contribution is -2.01. The summed E-state index contributed by atoms with van der Waals surface area (Å²) in [7, 11) is 0. The van der Waals surface area contributed by atoms with Crippen molar-refractivity contribution in [1.29, 1.82) is 0 Å². The summed E-state index contributed by atoms with van der Waals surface area (Å²) in [5.41, 5.74) is 2.54. The third-order valence-corrected chi connectivity index (χ3v) is 1.94. The first-order chi connectivity index (χ1) is 5.70. The smallest absolute Gasteiger partial charge is 0.0871 e. The lowest BCUT2D eigenvalue weighted by atomic mass is 10.2. The van der Waals surface area contributed by atoms with Crippen LogP contribution in [0.4, 0.5) is 0 Å². The van der Waals surface area contributed by atoms with Crippen molar-refractivity contribution in [2.45, 2.75) is 27.3 Å². The van der Waals surface area contributed by atoms with Gasteiger partial charge in [0.15, 0.2) is 0 Å². The SMILES string of the molecule is CCn1ncc(/C(C)=N/O)c1C. The molecule has 1 N–H and O–H groups in total. The summed E-state index contributed by atoms with van der Waals surface area (Å²) in [4.78, 5) is 0. The molecule has 1 rings (SSSR count). The van der Waals surface area contributed by atoms with E-state index in [4.69, 9.17) is 5.21 Å². The number of rotatable bonds is 2. The molecule has 0 aromatic carbocycles. The number of aromatic nitrogens is 2. The largest absolute Gasteiger partial charge is 0.411 e. The molecule has 0 saturated carbocycles. The molecule has 4 heteroatoms. The third-order valence-electron chi connectivity index (χ3n) is 1.94. The zero-order chi connectivity index (χ0) is 9.14. The fourth-order valence-corrected chi connectivity index (χ4v) is 1.17. The van der Waals surface area contributed by atoms with Crippen LogP contribution in [0.3, 0.4) is 0 Å². The van der Waals surface area contributed by atoms with Gasteiger partial charge in [-0.2, -0.15) is 5.10 Å². The van der Waals surface area contributed by atoms with Crippen LogP contribution >= 0.6 is 0 Å². The van der Waals surface area contributed by atoms with Crippen molar-refractivity contribution < 1.29 is 5.21 Å². The molecule has 0 bridgehead atoms. The summed E-state index contributed by atoms with van der Waals surface area (Å²) in [5, 5.41) is 15.8. The van der Waals surface area contributed by atoms with Gasteiger partial charge in [0, 0.05) is 17.8 Å². The second-order valence-electron chi connectivity index (χ2n) is 2.64. The molecular formula is C8H13N3O. The van der Waals surface area contributed by atoms with E-state index in [1.54, 1.807) is 13.1 Å². The van der Waals surface area contributed by atoms with E-state index in [1.807, 2.05) is 18.5 Å². The monoisotopic (exact) mass is 167 g/mol. The maximum absolute atomic E-state index is 8.55. The average molecular weight is 167 g/mol. The summed E-state index contributed by atoms with van der Waals surface area (Å²) in [6.07, 6.45) is 1.72. The van der Waals surface area contributed by atoms with Gasteiger partial charge in [-0.05, 0) is 20.8 Å². The minimum absolute atomic E-state index is 0.604. The van der Waals surface area contributed by atoms with Crippen molar-refractivity contribution in [3.05, 3.63) is 17.5 Å². The van der Waals surface area contributed by atoms with Gasteiger partial charge in [0.25, 0.3) is 0 Å². The molecule has 0 saturated heterocycles. The van der Waals surface area contributed by atoms with Gasteiger partial charge >= 0.3 is 0 Å². The summed E-state index contributed by atoms with van der Waals surface area (Å²) < 4.78 is 1.87. The minimum atomic E-state index is 0.604. The van der Waals surface area contributed by atoms with Gasteiger partial charge < -0.3 is 5.21 Å². The van der Waals surface area contributed by atoms with Gasteiger partial charge in [0.1, 0.15) is 0 Å². The Hall–Kier alpha value is -1.32. The topological polar surface area (TPSA) is 50.4 Å². The number of hydrogen-bond acceptors (Lipinski definition) is 3. The van der Waals surface area contributed by atoms with Crippen molar-refractivity contribution in [2.75, 3.05) is 0 Å². The molecular weight excluding hydrogens is 154 g/mol. The lowest BCUT2D eigenvalue weighted by molar-refractivity contribution is 0.319. The maximum atomic E-state index is 8.55. The van der Waals surface area contributed by atoms with Gasteiger partial charge in [-0.3, -0.25) is 4.68 Å². The molecule has 0 unspecified atom stereocenters. The Morgan fingerprint density at radius 1 is 1.75 bits per heavy atom. The molecule has 1 heterocycles. The van der Waals surface area contributed by atoms with Crippen LogP contribution < -0.4 is 0 Å². The fraction of sp³-hybridized carbons (Fsp3) is 0.500. The van der Waals surface area contributed by atoms with Crippen molar-refractivity contribution in [1.82, 2.24) is 9.78 Å². The highest BCUT2D eigenvalue weighted by atomic mass is 16.4. The molecule has 0 amide bonds. The Balaban J connectivity index is 3.10. The van der Waals surface area contributed by atoms with E-state index in [2.05, 4.69) is 10.3 Å². The molecule has 0 atom stereocenters. The summed E-state index contributed by atoms with van der Waals surface area (Å²) in [6.45, 7) is 6.57. The highest BCUT2D eigenvalue weighted by Gasteiger charge is 2.07. The van der Waals surface area contributed by atoms with Crippen LogP contribution in [0.1, 0.15) is 25.1 Å². The lowest BCUT2D eigenvalue weighted by Gasteiger charge is -1.99. The number of hydrogen-bond donors (Lipinski definition) is 1. The first kappa shape index (κ1) is 8.77. The van der Waals surface area contributed by atoms with Crippen LogP contribution in [0.5, 0.6) is 0 Å². The Morgan fingerprint density at radius 2 is 2.42 bits per heavy atom. The van der Waals surface area contributed by atoms with Crippen molar-refractivity contribution >= 4 is 5.71 Å². The van der Waals surface area contributed by atoms with Gasteiger partial charge in [-0.25, -0.2) is 0 Å². The van der Waals surface area contributed by atoms with Gasteiger partial charge in [0.2, 0.25) is 0 Å². The molecule has 66 valence electrons. The molecule has 0 aliphatic heterocycles. The first-order valence-electron chi connectivity index (χ1n) is 3.92. The molecule has 0 aliphatic carbocycles. The second-order valence-corrected chi connectivity index (χ2v) is 2.64. The van der Waals surface area contributed by atoms with E-state index < -0.39 is 0 Å². The average Bonchev–Trinajstić information content (AvgIpc) is 2.45. The molecule has 0 radical (unpaired) electrons. The van der Waals surface area contributed by atoms with E-state index in [0.29, 0.717) is 5.71 Å². The van der Waals surface area contributed by atoms with Crippen LogP contribution in [0.25, 0.3) is 0 Å². The van der Waals surface area contributed by atoms with E-state index in [9.17, 15) is 0 Å². The zero-order valence-electron chi connectivity index (χ0n) is 7.57. The molecule has 1 aromatic heterocycles. The van der Waals surface area contributed by atoms with E-state index in [0.717, 1.165) is 17.8 Å². The predicted molar refractivity (Wildman–Crippen MR) is 46.6 cm³/mol. The molecule has 0 fully saturated rings. The molecule has 4 nitrogen and oxygen atoms in total. The number of aryl methyl sites for hydroxylation is 1. The molecule has 0 spiro atoms. The van der Waals surface area contributed by atoms with Crippen LogP contribution in [0.15, 0.2) is 11.4 Å². The molecule has 12 heavy (non-hydrogen) atoms. The van der Waals surface area contributed by atoms with Crippen molar-refractivity contribution in [3.8, 4) is 0 Å². The van der Waals surface area contributed by atoms with Crippen molar-refractivity contribution in [3.63, 3.8) is 0 Å². The predicted octanol–water partition coefficient (Wildman–Crippen LogP) is 1.41. The normalized spacial score (nSPS) is 12.1.